The second kappa shape index (κ2) is 6.36. The number of nitrogens with zero attached hydrogens (tertiary/aromatic N) is 1. The van der Waals surface area contributed by atoms with Crippen LogP contribution in [0.25, 0.3) is 22.2 Å². The van der Waals surface area contributed by atoms with Crippen molar-refractivity contribution >= 4 is 11.0 Å². The Kier molecular flexibility index (Phi) is 3.89. The maximum atomic E-state index is 12.5. The quantitative estimate of drug-likeness (QED) is 0.608. The van der Waals surface area contributed by atoms with Gasteiger partial charge in [0.2, 0.25) is 0 Å². The van der Waals surface area contributed by atoms with E-state index in [2.05, 4.69) is 9.97 Å². The van der Waals surface area contributed by atoms with Gasteiger partial charge in [0.05, 0.1) is 19.6 Å². The summed E-state index contributed by atoms with van der Waals surface area (Å²) in [6, 6.07) is 12.7. The lowest BCUT2D eigenvalue weighted by Gasteiger charge is -2.07. The van der Waals surface area contributed by atoms with E-state index < -0.39 is 11.2 Å². The summed E-state index contributed by atoms with van der Waals surface area (Å²) in [4.78, 5) is 30.3. The fourth-order valence-corrected chi connectivity index (χ4v) is 2.98. The fraction of sp³-hybridized carbons (Fsp3) is 0.105. The van der Waals surface area contributed by atoms with Crippen molar-refractivity contribution in [2.24, 2.45) is 0 Å². The minimum absolute atomic E-state index is 0.210. The zero-order valence-corrected chi connectivity index (χ0v) is 14.0. The van der Waals surface area contributed by atoms with E-state index in [1.807, 2.05) is 24.3 Å². The maximum Gasteiger partial charge on any atom is 0.416 e. The molecule has 0 saturated heterocycles. The Bertz CT molecular complexity index is 1170. The molecule has 0 radical (unpaired) electrons. The molecule has 4 rings (SSSR count). The Labute approximate surface area is 147 Å². The summed E-state index contributed by atoms with van der Waals surface area (Å²) < 4.78 is 12.0. The van der Waals surface area contributed by atoms with Crippen LogP contribution >= 0.6 is 0 Å². The third-order valence-corrected chi connectivity index (χ3v) is 4.23. The smallest absolute Gasteiger partial charge is 0.416 e. The first kappa shape index (κ1) is 15.9. The van der Waals surface area contributed by atoms with Crippen LogP contribution in [-0.4, -0.2) is 16.7 Å². The molecule has 3 aromatic heterocycles. The summed E-state index contributed by atoms with van der Waals surface area (Å²) >= 11 is 0. The number of furan rings is 1. The van der Waals surface area contributed by atoms with Gasteiger partial charge in [0.1, 0.15) is 16.9 Å². The summed E-state index contributed by atoms with van der Waals surface area (Å²) in [6.45, 7) is 0.210. The Morgan fingerprint density at radius 3 is 2.65 bits per heavy atom. The van der Waals surface area contributed by atoms with Crippen molar-refractivity contribution in [3.63, 3.8) is 0 Å². The fourth-order valence-electron chi connectivity index (χ4n) is 2.98. The van der Waals surface area contributed by atoms with E-state index in [9.17, 15) is 9.59 Å². The molecule has 0 aliphatic rings. The molecule has 4 aromatic rings. The lowest BCUT2D eigenvalue weighted by molar-refractivity contribution is -0.349. The number of fused-ring (bicyclic) bond motifs is 1. The van der Waals surface area contributed by atoms with Crippen LogP contribution in [0.3, 0.4) is 0 Å². The number of ether oxygens (including phenoxy) is 1. The zero-order valence-electron chi connectivity index (χ0n) is 14.0. The molecule has 3 heterocycles. The molecule has 130 valence electrons. The molecular formula is C19H16N3O4+. The molecule has 0 amide bonds. The number of pyridine rings is 1. The van der Waals surface area contributed by atoms with E-state index in [1.54, 1.807) is 37.8 Å². The molecular weight excluding hydrogens is 334 g/mol. The van der Waals surface area contributed by atoms with E-state index >= 15 is 0 Å². The topological polar surface area (TPSA) is 91.4 Å². The average molecular weight is 350 g/mol. The van der Waals surface area contributed by atoms with Crippen LogP contribution in [0, 0.1) is 0 Å². The highest BCUT2D eigenvalue weighted by Crippen LogP contribution is 2.25. The van der Waals surface area contributed by atoms with Crippen LogP contribution in [0.2, 0.25) is 0 Å². The molecule has 0 bridgehead atoms. The molecule has 0 fully saturated rings. The van der Waals surface area contributed by atoms with Gasteiger partial charge in [0.15, 0.2) is 6.54 Å². The predicted molar refractivity (Wildman–Crippen MR) is 95.2 cm³/mol. The normalized spacial score (nSPS) is 11.0. The minimum atomic E-state index is -0.498. The van der Waals surface area contributed by atoms with E-state index in [0.717, 1.165) is 16.9 Å². The first-order valence-electron chi connectivity index (χ1n) is 8.01. The van der Waals surface area contributed by atoms with Gasteiger partial charge >= 0.3 is 5.69 Å². The van der Waals surface area contributed by atoms with Crippen molar-refractivity contribution < 1.29 is 14.1 Å². The number of aromatic nitrogens is 3. The minimum Gasteiger partial charge on any atom is -0.497 e. The van der Waals surface area contributed by atoms with Gasteiger partial charge in [-0.2, -0.15) is 4.57 Å². The molecule has 1 aromatic carbocycles. The Morgan fingerprint density at radius 1 is 1.15 bits per heavy atom. The molecule has 0 spiro atoms. The number of aromatic amines is 2. The van der Waals surface area contributed by atoms with Crippen molar-refractivity contribution in [1.29, 1.82) is 0 Å². The average Bonchev–Trinajstić information content (AvgIpc) is 3.18. The third-order valence-electron chi connectivity index (χ3n) is 4.23. The number of nitrogens with one attached hydrogen (secondary N) is 2. The van der Waals surface area contributed by atoms with E-state index in [4.69, 9.17) is 9.15 Å². The Morgan fingerprint density at radius 2 is 1.96 bits per heavy atom. The van der Waals surface area contributed by atoms with Gasteiger partial charge in [0.25, 0.3) is 11.2 Å². The number of benzene rings is 1. The number of hydrogen-bond acceptors (Lipinski definition) is 4. The molecule has 0 unspecified atom stereocenters. The van der Waals surface area contributed by atoms with E-state index in [-0.39, 0.29) is 6.54 Å². The monoisotopic (exact) mass is 350 g/mol. The van der Waals surface area contributed by atoms with Crippen molar-refractivity contribution in [2.45, 2.75) is 6.54 Å². The highest BCUT2D eigenvalue weighted by atomic mass is 16.5. The van der Waals surface area contributed by atoms with Crippen molar-refractivity contribution in [3.05, 3.63) is 81.5 Å². The van der Waals surface area contributed by atoms with Crippen LogP contribution in [0.1, 0.15) is 5.76 Å². The molecule has 7 heteroatoms. The SMILES string of the molecule is COc1ccc(-c2cc[nH+]c3c2c(=O)[nH]c(=O)n3Cc2ccco2)cc1. The largest absolute Gasteiger partial charge is 0.497 e. The van der Waals surface area contributed by atoms with Gasteiger partial charge in [0, 0.05) is 5.56 Å². The number of rotatable bonds is 4. The van der Waals surface area contributed by atoms with Gasteiger partial charge in [-0.15, -0.1) is 0 Å². The zero-order chi connectivity index (χ0) is 18.1. The standard InChI is InChI=1S/C19H15N3O4/c1-25-13-6-4-12(5-7-13)15-8-9-20-17-16(15)18(23)21-19(24)22(17)11-14-3-2-10-26-14/h2-10H,11H2,1H3,(H,21,23,24)/p+1. The molecule has 26 heavy (non-hydrogen) atoms. The lowest BCUT2D eigenvalue weighted by atomic mass is 10.0. The van der Waals surface area contributed by atoms with Crippen molar-refractivity contribution in [1.82, 2.24) is 9.55 Å². The Hall–Kier alpha value is -3.61. The summed E-state index contributed by atoms with van der Waals surface area (Å²) in [7, 11) is 1.60. The second-order valence-electron chi connectivity index (χ2n) is 5.77. The van der Waals surface area contributed by atoms with Crippen LogP contribution in [0.15, 0.2) is 68.9 Å². The van der Waals surface area contributed by atoms with Gasteiger partial charge < -0.3 is 9.15 Å². The van der Waals surface area contributed by atoms with Crippen molar-refractivity contribution in [2.75, 3.05) is 7.11 Å². The summed E-state index contributed by atoms with van der Waals surface area (Å²) in [5.41, 5.74) is 1.06. The van der Waals surface area contributed by atoms with Gasteiger partial charge in [-0.1, -0.05) is 12.1 Å². The third kappa shape index (κ3) is 2.69. The van der Waals surface area contributed by atoms with Gasteiger partial charge in [-0.3, -0.25) is 9.78 Å². The molecule has 0 saturated carbocycles. The number of H-pyrrole nitrogens is 2. The Balaban J connectivity index is 1.95. The highest BCUT2D eigenvalue weighted by Gasteiger charge is 2.20. The van der Waals surface area contributed by atoms with Gasteiger partial charge in [-0.05, 0) is 35.9 Å². The van der Waals surface area contributed by atoms with Crippen LogP contribution < -0.4 is 21.0 Å². The van der Waals surface area contributed by atoms with Crippen LogP contribution in [0.5, 0.6) is 5.75 Å². The first-order valence-corrected chi connectivity index (χ1v) is 8.01. The van der Waals surface area contributed by atoms with E-state index in [1.165, 1.54) is 4.57 Å². The summed E-state index contributed by atoms with van der Waals surface area (Å²) in [6.07, 6.45) is 3.25. The van der Waals surface area contributed by atoms with Crippen LogP contribution in [0.4, 0.5) is 0 Å². The first-order chi connectivity index (χ1) is 12.7. The number of methoxy groups -OCH3 is 1. The lowest BCUT2D eigenvalue weighted by Crippen LogP contribution is -2.34. The van der Waals surface area contributed by atoms with E-state index in [0.29, 0.717) is 16.8 Å². The molecule has 0 aliphatic heterocycles. The summed E-state index contributed by atoms with van der Waals surface area (Å²) in [5, 5.41) is 0.406. The van der Waals surface area contributed by atoms with Crippen molar-refractivity contribution in [3.8, 4) is 16.9 Å². The molecule has 0 atom stereocenters. The molecule has 7 nitrogen and oxygen atoms in total. The predicted octanol–water partition coefficient (Wildman–Crippen LogP) is 1.82. The number of hydrogen-bond donors (Lipinski definition) is 1. The highest BCUT2D eigenvalue weighted by molar-refractivity contribution is 5.90. The molecule has 0 aliphatic carbocycles. The summed E-state index contributed by atoms with van der Waals surface area (Å²) in [5.74, 6) is 1.34. The second-order valence-corrected chi connectivity index (χ2v) is 5.77. The maximum absolute atomic E-state index is 12.5. The van der Waals surface area contributed by atoms with Gasteiger partial charge in [-0.25, -0.2) is 9.78 Å². The molecule has 2 N–H and O–H groups in total. The van der Waals surface area contributed by atoms with Crippen LogP contribution in [-0.2, 0) is 6.54 Å².